The van der Waals surface area contributed by atoms with Gasteiger partial charge in [0, 0.05) is 5.03 Å². The smallest absolute Gasteiger partial charge is 0.0620 e. The van der Waals surface area contributed by atoms with Crippen LogP contribution in [0.3, 0.4) is 0 Å². The van der Waals surface area contributed by atoms with Gasteiger partial charge in [0.05, 0.1) is 11.6 Å². The van der Waals surface area contributed by atoms with Crippen LogP contribution in [0.4, 0.5) is 0 Å². The molecule has 0 spiro atoms. The SMILES string of the molecule is CC1(N)C=CC=C(Cl)C1N. The van der Waals surface area contributed by atoms with E-state index in [0.717, 1.165) is 0 Å². The molecule has 0 saturated heterocycles. The quantitative estimate of drug-likeness (QED) is 0.546. The number of hydrogen-bond acceptors (Lipinski definition) is 2. The number of rotatable bonds is 0. The van der Waals surface area contributed by atoms with Crippen LogP contribution in [0.1, 0.15) is 6.92 Å². The molecule has 0 saturated carbocycles. The number of halogens is 1. The molecule has 10 heavy (non-hydrogen) atoms. The van der Waals surface area contributed by atoms with Crippen LogP contribution in [0.25, 0.3) is 0 Å². The van der Waals surface area contributed by atoms with E-state index >= 15 is 0 Å². The maximum atomic E-state index is 5.77. The van der Waals surface area contributed by atoms with Crippen molar-refractivity contribution in [1.82, 2.24) is 0 Å². The first-order chi connectivity index (χ1) is 4.54. The van der Waals surface area contributed by atoms with Gasteiger partial charge >= 0.3 is 0 Å². The highest BCUT2D eigenvalue weighted by Gasteiger charge is 2.28. The van der Waals surface area contributed by atoms with Crippen molar-refractivity contribution in [2.75, 3.05) is 0 Å². The second-order valence-corrected chi connectivity index (χ2v) is 3.19. The van der Waals surface area contributed by atoms with Crippen molar-refractivity contribution in [3.05, 3.63) is 23.3 Å². The Morgan fingerprint density at radius 2 is 2.30 bits per heavy atom. The van der Waals surface area contributed by atoms with Crippen molar-refractivity contribution in [2.45, 2.75) is 18.5 Å². The van der Waals surface area contributed by atoms with Gasteiger partial charge in [-0.05, 0) is 13.0 Å². The molecule has 0 aromatic carbocycles. The third-order valence-electron chi connectivity index (χ3n) is 1.68. The molecule has 2 atom stereocenters. The van der Waals surface area contributed by atoms with E-state index in [0.29, 0.717) is 5.03 Å². The van der Waals surface area contributed by atoms with Crippen LogP contribution in [0.5, 0.6) is 0 Å². The fourth-order valence-corrected chi connectivity index (χ4v) is 1.16. The molecule has 1 rings (SSSR count). The van der Waals surface area contributed by atoms with Crippen LogP contribution >= 0.6 is 11.6 Å². The van der Waals surface area contributed by atoms with Crippen molar-refractivity contribution in [3.63, 3.8) is 0 Å². The number of allylic oxidation sites excluding steroid dienone is 2. The maximum Gasteiger partial charge on any atom is 0.0620 e. The Morgan fingerprint density at radius 3 is 2.70 bits per heavy atom. The molecule has 56 valence electrons. The fraction of sp³-hybridized carbons (Fsp3) is 0.429. The predicted molar refractivity (Wildman–Crippen MR) is 43.6 cm³/mol. The Kier molecular flexibility index (Phi) is 1.86. The average molecular weight is 159 g/mol. The van der Waals surface area contributed by atoms with Gasteiger partial charge in [0.2, 0.25) is 0 Å². The van der Waals surface area contributed by atoms with Crippen molar-refractivity contribution >= 4 is 11.6 Å². The van der Waals surface area contributed by atoms with E-state index in [2.05, 4.69) is 0 Å². The molecule has 0 bridgehead atoms. The molecule has 0 aromatic rings. The topological polar surface area (TPSA) is 52.0 Å². The van der Waals surface area contributed by atoms with Crippen molar-refractivity contribution in [2.24, 2.45) is 11.5 Å². The fourth-order valence-electron chi connectivity index (χ4n) is 0.852. The van der Waals surface area contributed by atoms with Gasteiger partial charge < -0.3 is 11.5 Å². The Balaban J connectivity index is 2.89. The zero-order chi connectivity index (χ0) is 7.78. The first kappa shape index (κ1) is 7.79. The van der Waals surface area contributed by atoms with Crippen LogP contribution < -0.4 is 11.5 Å². The second-order valence-electron chi connectivity index (χ2n) is 2.75. The monoisotopic (exact) mass is 158 g/mol. The van der Waals surface area contributed by atoms with Gasteiger partial charge in [0.1, 0.15) is 0 Å². The molecule has 0 aliphatic heterocycles. The van der Waals surface area contributed by atoms with Gasteiger partial charge in [-0.15, -0.1) is 0 Å². The highest BCUT2D eigenvalue weighted by atomic mass is 35.5. The Labute approximate surface area is 65.5 Å². The van der Waals surface area contributed by atoms with E-state index in [1.54, 1.807) is 6.08 Å². The molecule has 2 unspecified atom stereocenters. The maximum absolute atomic E-state index is 5.77. The zero-order valence-corrected chi connectivity index (χ0v) is 6.60. The average Bonchev–Trinajstić information content (AvgIpc) is 1.83. The van der Waals surface area contributed by atoms with Crippen LogP contribution in [-0.4, -0.2) is 11.6 Å². The lowest BCUT2D eigenvalue weighted by atomic mass is 9.90. The summed E-state index contributed by atoms with van der Waals surface area (Å²) < 4.78 is 0. The second kappa shape index (κ2) is 2.38. The summed E-state index contributed by atoms with van der Waals surface area (Å²) in [4.78, 5) is 0. The third-order valence-corrected chi connectivity index (χ3v) is 2.04. The van der Waals surface area contributed by atoms with Gasteiger partial charge in [-0.1, -0.05) is 23.8 Å². The van der Waals surface area contributed by atoms with Gasteiger partial charge in [-0.2, -0.15) is 0 Å². The molecular formula is C7H11ClN2. The summed E-state index contributed by atoms with van der Waals surface area (Å²) in [5, 5.41) is 0.618. The van der Waals surface area contributed by atoms with Gasteiger partial charge in [0.15, 0.2) is 0 Å². The molecule has 1 aliphatic rings. The Bertz CT molecular complexity index is 194. The minimum absolute atomic E-state index is 0.265. The van der Waals surface area contributed by atoms with Gasteiger partial charge in [-0.3, -0.25) is 0 Å². The first-order valence-electron chi connectivity index (χ1n) is 3.13. The Hall–Kier alpha value is -0.310. The van der Waals surface area contributed by atoms with Gasteiger partial charge in [-0.25, -0.2) is 0 Å². The highest BCUT2D eigenvalue weighted by Crippen LogP contribution is 2.21. The van der Waals surface area contributed by atoms with E-state index in [-0.39, 0.29) is 6.04 Å². The first-order valence-corrected chi connectivity index (χ1v) is 3.51. The standard InChI is InChI=1S/C7H11ClN2/c1-7(10)4-2-3-5(8)6(7)9/h2-4,6H,9-10H2,1H3. The largest absolute Gasteiger partial charge is 0.321 e. The van der Waals surface area contributed by atoms with E-state index in [1.165, 1.54) is 0 Å². The van der Waals surface area contributed by atoms with Crippen molar-refractivity contribution in [3.8, 4) is 0 Å². The lowest BCUT2D eigenvalue weighted by Gasteiger charge is -2.29. The van der Waals surface area contributed by atoms with Gasteiger partial charge in [0.25, 0.3) is 0 Å². The molecule has 0 fully saturated rings. The molecular weight excluding hydrogens is 148 g/mol. The predicted octanol–water partition coefficient (Wildman–Crippen LogP) is 0.724. The molecule has 3 heteroatoms. The molecule has 4 N–H and O–H groups in total. The summed E-state index contributed by atoms with van der Waals surface area (Å²) in [5.74, 6) is 0. The normalized spacial score (nSPS) is 39.6. The van der Waals surface area contributed by atoms with E-state index < -0.39 is 5.54 Å². The van der Waals surface area contributed by atoms with E-state index in [9.17, 15) is 0 Å². The van der Waals surface area contributed by atoms with Crippen LogP contribution in [0, 0.1) is 0 Å². The molecule has 0 radical (unpaired) electrons. The minimum Gasteiger partial charge on any atom is -0.321 e. The summed E-state index contributed by atoms with van der Waals surface area (Å²) in [6, 6.07) is -0.265. The molecule has 2 nitrogen and oxygen atoms in total. The van der Waals surface area contributed by atoms with E-state index in [4.69, 9.17) is 23.1 Å². The van der Waals surface area contributed by atoms with Crippen molar-refractivity contribution < 1.29 is 0 Å². The van der Waals surface area contributed by atoms with E-state index in [1.807, 2.05) is 19.1 Å². The summed E-state index contributed by atoms with van der Waals surface area (Å²) in [6.45, 7) is 1.85. The summed E-state index contributed by atoms with van der Waals surface area (Å²) in [6.07, 6.45) is 5.44. The highest BCUT2D eigenvalue weighted by molar-refractivity contribution is 6.30. The molecule has 0 heterocycles. The summed E-state index contributed by atoms with van der Waals surface area (Å²) in [7, 11) is 0. The molecule has 1 aliphatic carbocycles. The lowest BCUT2D eigenvalue weighted by Crippen LogP contribution is -2.52. The minimum atomic E-state index is -0.494. The molecule has 0 aromatic heterocycles. The number of hydrogen-bond donors (Lipinski definition) is 2. The molecule has 0 amide bonds. The van der Waals surface area contributed by atoms with Crippen LogP contribution in [0.2, 0.25) is 0 Å². The summed E-state index contributed by atoms with van der Waals surface area (Å²) in [5.41, 5.74) is 11.0. The zero-order valence-electron chi connectivity index (χ0n) is 5.84. The third kappa shape index (κ3) is 1.24. The summed E-state index contributed by atoms with van der Waals surface area (Å²) >= 11 is 5.76. The van der Waals surface area contributed by atoms with Crippen LogP contribution in [-0.2, 0) is 0 Å². The van der Waals surface area contributed by atoms with Crippen LogP contribution in [0.15, 0.2) is 23.3 Å². The lowest BCUT2D eigenvalue weighted by molar-refractivity contribution is 0.508. The van der Waals surface area contributed by atoms with Crippen molar-refractivity contribution in [1.29, 1.82) is 0 Å². The Morgan fingerprint density at radius 1 is 1.70 bits per heavy atom. The number of nitrogens with two attached hydrogens (primary N) is 2.